The van der Waals surface area contributed by atoms with E-state index in [1.165, 1.54) is 16.7 Å². The minimum atomic E-state index is -1.15. The maximum absolute atomic E-state index is 12.8. The van der Waals surface area contributed by atoms with Crippen LogP contribution in [-0.4, -0.2) is 39.9 Å². The first kappa shape index (κ1) is 21.6. The van der Waals surface area contributed by atoms with Crippen LogP contribution in [0.4, 0.5) is 0 Å². The molecule has 0 bridgehead atoms. The molecule has 7 nitrogen and oxygen atoms in total. The molecular weight excluding hydrogens is 482 g/mol. The van der Waals surface area contributed by atoms with Crippen molar-refractivity contribution in [3.8, 4) is 0 Å². The third-order valence-corrected chi connectivity index (χ3v) is 7.58. The van der Waals surface area contributed by atoms with E-state index in [0.717, 1.165) is 9.37 Å². The van der Waals surface area contributed by atoms with Crippen molar-refractivity contribution >= 4 is 45.5 Å². The number of carboxylic acids is 1. The minimum absolute atomic E-state index is 0.0140. The fraction of sp³-hybridized carbons (Fsp3) is 0.227. The summed E-state index contributed by atoms with van der Waals surface area (Å²) in [7, 11) is 0. The summed E-state index contributed by atoms with van der Waals surface area (Å²) in [6.45, 7) is 0. The van der Waals surface area contributed by atoms with Crippen LogP contribution in [-0.2, 0) is 14.4 Å². The van der Waals surface area contributed by atoms with Crippen LogP contribution in [0.25, 0.3) is 0 Å². The molecule has 0 radical (unpaired) electrons. The summed E-state index contributed by atoms with van der Waals surface area (Å²) in [6.07, 6.45) is 1.06. The summed E-state index contributed by atoms with van der Waals surface area (Å²) >= 11 is 4.81. The molecule has 2 aromatic rings. The predicted molar refractivity (Wildman–Crippen MR) is 120 cm³/mol. The molecule has 9 heteroatoms. The van der Waals surface area contributed by atoms with Crippen molar-refractivity contribution in [2.24, 2.45) is 5.73 Å². The van der Waals surface area contributed by atoms with E-state index in [1.807, 2.05) is 30.3 Å². The van der Waals surface area contributed by atoms with Crippen LogP contribution in [0.3, 0.4) is 0 Å². The number of carbonyl (C=O) groups excluding carboxylic acids is 2. The first-order chi connectivity index (χ1) is 14.9. The Morgan fingerprint density at radius 1 is 1.16 bits per heavy atom. The Bertz CT molecular complexity index is 1080. The molecule has 0 aliphatic carbocycles. The van der Waals surface area contributed by atoms with Crippen molar-refractivity contribution in [1.29, 1.82) is 0 Å². The number of carboxylic acid groups (broad SMARTS) is 1. The molecule has 2 aliphatic rings. The van der Waals surface area contributed by atoms with Gasteiger partial charge in [-0.25, -0.2) is 4.79 Å². The van der Waals surface area contributed by atoms with Crippen LogP contribution in [0, 0.1) is 0 Å². The minimum Gasteiger partial charge on any atom is -0.477 e. The molecule has 2 amide bonds. The summed E-state index contributed by atoms with van der Waals surface area (Å²) in [5.74, 6) is -2.04. The van der Waals surface area contributed by atoms with Crippen LogP contribution in [0.1, 0.15) is 24.4 Å². The largest absolute Gasteiger partial charge is 0.477 e. The molecule has 4 N–H and O–H groups in total. The van der Waals surface area contributed by atoms with Crippen molar-refractivity contribution < 1.29 is 19.5 Å². The van der Waals surface area contributed by atoms with Gasteiger partial charge in [-0.05, 0) is 46.5 Å². The average molecular weight is 502 g/mol. The third kappa shape index (κ3) is 4.13. The number of nitrogens with one attached hydrogen (secondary N) is 1. The van der Waals surface area contributed by atoms with Gasteiger partial charge < -0.3 is 16.2 Å². The smallest absolute Gasteiger partial charge is 0.353 e. The van der Waals surface area contributed by atoms with E-state index in [9.17, 15) is 19.5 Å². The van der Waals surface area contributed by atoms with Gasteiger partial charge >= 0.3 is 5.97 Å². The Morgan fingerprint density at radius 2 is 1.84 bits per heavy atom. The lowest BCUT2D eigenvalue weighted by Gasteiger charge is -2.50. The maximum atomic E-state index is 12.8. The van der Waals surface area contributed by atoms with Gasteiger partial charge in [-0.3, -0.25) is 14.5 Å². The number of aliphatic carboxylic acids is 1. The number of benzene rings is 2. The highest BCUT2D eigenvalue weighted by atomic mass is 79.9. The van der Waals surface area contributed by atoms with Crippen molar-refractivity contribution in [1.82, 2.24) is 10.2 Å². The second-order valence-electron chi connectivity index (χ2n) is 7.30. The first-order valence-electron chi connectivity index (χ1n) is 9.71. The number of nitrogens with two attached hydrogens (primary N) is 1. The topological polar surface area (TPSA) is 113 Å². The standard InChI is InChI=1S/C22H20BrN3O4S/c23-13-8-4-5-9-15(13)31-16-11-10-14-18(21(28)26(14)19(16)22(29)30)25-20(27)17(24)12-6-2-1-3-7-12/h1-9,14,17-18H,10-11,24H2,(H,25,27)(H,29,30)/t14-,17-,18+/m1/s1. The molecule has 2 aromatic carbocycles. The van der Waals surface area contributed by atoms with Crippen LogP contribution in [0.15, 0.2) is 74.6 Å². The normalized spacial score (nSPS) is 21.2. The molecule has 0 unspecified atom stereocenters. The van der Waals surface area contributed by atoms with E-state index in [-0.39, 0.29) is 5.70 Å². The summed E-state index contributed by atoms with van der Waals surface area (Å²) in [6, 6.07) is 14.3. The van der Waals surface area contributed by atoms with Gasteiger partial charge in [0.25, 0.3) is 5.91 Å². The molecule has 1 saturated heterocycles. The Hall–Kier alpha value is -2.62. The number of hydrogen-bond donors (Lipinski definition) is 3. The molecule has 3 atom stereocenters. The molecule has 4 rings (SSSR count). The quantitative estimate of drug-likeness (QED) is 0.524. The molecule has 31 heavy (non-hydrogen) atoms. The average Bonchev–Trinajstić information content (AvgIpc) is 2.78. The third-order valence-electron chi connectivity index (χ3n) is 5.40. The van der Waals surface area contributed by atoms with Crippen molar-refractivity contribution in [3.05, 3.63) is 75.2 Å². The highest BCUT2D eigenvalue weighted by molar-refractivity contribution is 9.10. The lowest BCUT2D eigenvalue weighted by atomic mass is 9.86. The SMILES string of the molecule is N[C@@H](C(=O)N[C@@H]1C(=O)N2C(C(=O)O)=C(Sc3ccccc3Br)CC[C@H]12)c1ccccc1. The zero-order chi connectivity index (χ0) is 22.1. The Labute approximate surface area is 191 Å². The van der Waals surface area contributed by atoms with Crippen LogP contribution in [0.2, 0.25) is 0 Å². The fourth-order valence-electron chi connectivity index (χ4n) is 3.84. The van der Waals surface area contributed by atoms with Crippen LogP contribution < -0.4 is 11.1 Å². The zero-order valence-electron chi connectivity index (χ0n) is 16.3. The highest BCUT2D eigenvalue weighted by Gasteiger charge is 2.53. The Morgan fingerprint density at radius 3 is 2.52 bits per heavy atom. The van der Waals surface area contributed by atoms with E-state index in [0.29, 0.717) is 23.3 Å². The lowest BCUT2D eigenvalue weighted by molar-refractivity contribution is -0.156. The van der Waals surface area contributed by atoms with Crippen molar-refractivity contribution in [2.75, 3.05) is 0 Å². The Balaban J connectivity index is 1.52. The van der Waals surface area contributed by atoms with Gasteiger partial charge in [0, 0.05) is 14.3 Å². The van der Waals surface area contributed by atoms with Crippen LogP contribution in [0.5, 0.6) is 0 Å². The second kappa shape index (κ2) is 8.86. The molecule has 0 spiro atoms. The van der Waals surface area contributed by atoms with Gasteiger partial charge in [-0.1, -0.05) is 54.2 Å². The predicted octanol–water partition coefficient (Wildman–Crippen LogP) is 3.03. The molecule has 0 aromatic heterocycles. The van der Waals surface area contributed by atoms with E-state index < -0.39 is 35.9 Å². The Kier molecular flexibility index (Phi) is 6.17. The number of rotatable bonds is 6. The molecule has 2 aliphatic heterocycles. The summed E-state index contributed by atoms with van der Waals surface area (Å²) < 4.78 is 0.856. The molecule has 0 saturated carbocycles. The van der Waals surface area contributed by atoms with Crippen molar-refractivity contribution in [2.45, 2.75) is 35.9 Å². The van der Waals surface area contributed by atoms with Gasteiger partial charge in [-0.2, -0.15) is 0 Å². The van der Waals surface area contributed by atoms with Gasteiger partial charge in [0.05, 0.1) is 6.04 Å². The summed E-state index contributed by atoms with van der Waals surface area (Å²) in [4.78, 5) is 40.2. The zero-order valence-corrected chi connectivity index (χ0v) is 18.7. The molecule has 160 valence electrons. The lowest BCUT2D eigenvalue weighted by Crippen LogP contribution is -2.72. The monoisotopic (exact) mass is 501 g/mol. The highest BCUT2D eigenvalue weighted by Crippen LogP contribution is 2.44. The van der Waals surface area contributed by atoms with Gasteiger partial charge in [0.2, 0.25) is 5.91 Å². The fourth-order valence-corrected chi connectivity index (χ4v) is 5.45. The van der Waals surface area contributed by atoms with E-state index in [1.54, 1.807) is 24.3 Å². The van der Waals surface area contributed by atoms with E-state index in [4.69, 9.17) is 5.73 Å². The summed E-state index contributed by atoms with van der Waals surface area (Å²) in [5, 5.41) is 12.5. The van der Waals surface area contributed by atoms with E-state index in [2.05, 4.69) is 21.2 Å². The number of nitrogens with zero attached hydrogens (tertiary/aromatic N) is 1. The van der Waals surface area contributed by atoms with Crippen molar-refractivity contribution in [3.63, 3.8) is 0 Å². The number of carbonyl (C=O) groups is 3. The number of hydrogen-bond acceptors (Lipinski definition) is 5. The molecule has 1 fully saturated rings. The number of allylic oxidation sites excluding steroid dienone is 1. The number of β-lactam (4-membered cyclic amide) rings is 1. The van der Waals surface area contributed by atoms with Gasteiger partial charge in [-0.15, -0.1) is 0 Å². The van der Waals surface area contributed by atoms with Crippen LogP contribution >= 0.6 is 27.7 Å². The van der Waals surface area contributed by atoms with Gasteiger partial charge in [0.15, 0.2) is 0 Å². The van der Waals surface area contributed by atoms with E-state index >= 15 is 0 Å². The maximum Gasteiger partial charge on any atom is 0.353 e. The number of thioether (sulfide) groups is 1. The number of halogens is 1. The first-order valence-corrected chi connectivity index (χ1v) is 11.3. The molecule has 2 heterocycles. The number of fused-ring (bicyclic) bond motifs is 1. The summed E-state index contributed by atoms with van der Waals surface area (Å²) in [5.41, 5.74) is 6.66. The van der Waals surface area contributed by atoms with Gasteiger partial charge in [0.1, 0.15) is 17.8 Å². The number of amides is 2. The molecular formula is C22H20BrN3O4S. The second-order valence-corrected chi connectivity index (χ2v) is 9.29.